The number of carbonyl (C=O) groups is 1. The Balaban J connectivity index is 2.70. The minimum atomic E-state index is -0.688. The second-order valence-corrected chi connectivity index (χ2v) is 4.71. The van der Waals surface area contributed by atoms with E-state index in [-0.39, 0.29) is 11.8 Å². The number of hydrogen-bond donors (Lipinski definition) is 1. The van der Waals surface area contributed by atoms with Gasteiger partial charge >= 0.3 is 5.97 Å². The molecule has 1 rings (SSSR count). The Hall–Kier alpha value is -1.58. The molecule has 0 saturated heterocycles. The third kappa shape index (κ3) is 3.44. The van der Waals surface area contributed by atoms with E-state index in [1.165, 1.54) is 13.2 Å². The number of hydrogen-bond acceptors (Lipinski definition) is 3. The third-order valence-corrected chi connectivity index (χ3v) is 2.58. The van der Waals surface area contributed by atoms with Gasteiger partial charge in [-0.25, -0.2) is 4.39 Å². The standard InChI is InChI=1S/C13H18FNO2/c1-9-5-6-11(10(14)7-9)15-8-13(2,3)12(16)17-4/h5-7,15H,8H2,1-4H3. The number of aryl methyl sites for hydroxylation is 1. The molecule has 0 radical (unpaired) electrons. The fourth-order valence-electron chi connectivity index (χ4n) is 1.43. The first-order valence-corrected chi connectivity index (χ1v) is 5.45. The molecule has 4 heteroatoms. The zero-order valence-electron chi connectivity index (χ0n) is 10.6. The Labute approximate surface area is 101 Å². The van der Waals surface area contributed by atoms with Gasteiger partial charge < -0.3 is 10.1 Å². The highest BCUT2D eigenvalue weighted by molar-refractivity contribution is 5.76. The molecule has 1 N–H and O–H groups in total. The lowest BCUT2D eigenvalue weighted by Crippen LogP contribution is -2.33. The molecule has 0 aliphatic carbocycles. The van der Waals surface area contributed by atoms with E-state index in [0.717, 1.165) is 5.56 Å². The van der Waals surface area contributed by atoms with Crippen LogP contribution in [0.15, 0.2) is 18.2 Å². The summed E-state index contributed by atoms with van der Waals surface area (Å²) in [6, 6.07) is 4.93. The van der Waals surface area contributed by atoms with E-state index >= 15 is 0 Å². The van der Waals surface area contributed by atoms with E-state index in [9.17, 15) is 9.18 Å². The molecule has 17 heavy (non-hydrogen) atoms. The lowest BCUT2D eigenvalue weighted by molar-refractivity contribution is -0.149. The molecule has 3 nitrogen and oxygen atoms in total. The lowest BCUT2D eigenvalue weighted by atomic mass is 9.93. The van der Waals surface area contributed by atoms with Gasteiger partial charge in [-0.2, -0.15) is 0 Å². The fourth-order valence-corrected chi connectivity index (χ4v) is 1.43. The van der Waals surface area contributed by atoms with Crippen LogP contribution in [0, 0.1) is 18.2 Å². The number of esters is 1. The first-order chi connectivity index (χ1) is 7.86. The molecule has 1 aromatic rings. The van der Waals surface area contributed by atoms with Crippen molar-refractivity contribution in [2.45, 2.75) is 20.8 Å². The van der Waals surface area contributed by atoms with Crippen LogP contribution in [0.5, 0.6) is 0 Å². The van der Waals surface area contributed by atoms with Crippen molar-refractivity contribution in [2.75, 3.05) is 19.0 Å². The van der Waals surface area contributed by atoms with E-state index < -0.39 is 5.41 Å². The number of halogens is 1. The Morgan fingerprint density at radius 3 is 2.65 bits per heavy atom. The van der Waals surface area contributed by atoms with E-state index in [1.807, 2.05) is 13.0 Å². The molecular weight excluding hydrogens is 221 g/mol. The lowest BCUT2D eigenvalue weighted by Gasteiger charge is -2.22. The molecule has 0 saturated carbocycles. The van der Waals surface area contributed by atoms with Gasteiger partial charge in [-0.1, -0.05) is 6.07 Å². The third-order valence-electron chi connectivity index (χ3n) is 2.58. The Kier molecular flexibility index (Phi) is 4.10. The van der Waals surface area contributed by atoms with Crippen LogP contribution in [0.3, 0.4) is 0 Å². The van der Waals surface area contributed by atoms with Crippen LogP contribution in [0.2, 0.25) is 0 Å². The maximum absolute atomic E-state index is 13.5. The first-order valence-electron chi connectivity index (χ1n) is 5.45. The number of ether oxygens (including phenoxy) is 1. The predicted octanol–water partition coefficient (Wildman–Crippen LogP) is 2.75. The van der Waals surface area contributed by atoms with Crippen molar-refractivity contribution in [3.8, 4) is 0 Å². The summed E-state index contributed by atoms with van der Waals surface area (Å²) in [6.45, 7) is 5.64. The minimum Gasteiger partial charge on any atom is -0.469 e. The molecule has 0 aliphatic heterocycles. The van der Waals surface area contributed by atoms with Crippen molar-refractivity contribution in [2.24, 2.45) is 5.41 Å². The molecule has 0 atom stereocenters. The zero-order chi connectivity index (χ0) is 13.1. The molecular formula is C13H18FNO2. The summed E-state index contributed by atoms with van der Waals surface area (Å²) in [4.78, 5) is 11.4. The van der Waals surface area contributed by atoms with E-state index in [1.54, 1.807) is 19.9 Å². The van der Waals surface area contributed by atoms with Gasteiger partial charge in [0.05, 0.1) is 18.2 Å². The fraction of sp³-hybridized carbons (Fsp3) is 0.462. The van der Waals surface area contributed by atoms with Gasteiger partial charge in [0.15, 0.2) is 0 Å². The summed E-state index contributed by atoms with van der Waals surface area (Å²) >= 11 is 0. The average Bonchev–Trinajstić information content (AvgIpc) is 2.26. The van der Waals surface area contributed by atoms with Gasteiger partial charge in [-0.15, -0.1) is 0 Å². The van der Waals surface area contributed by atoms with Crippen molar-refractivity contribution in [3.63, 3.8) is 0 Å². The monoisotopic (exact) mass is 239 g/mol. The first kappa shape index (κ1) is 13.5. The predicted molar refractivity (Wildman–Crippen MR) is 65.4 cm³/mol. The quantitative estimate of drug-likeness (QED) is 0.821. The van der Waals surface area contributed by atoms with Crippen LogP contribution in [-0.2, 0) is 9.53 Å². The Morgan fingerprint density at radius 1 is 1.47 bits per heavy atom. The number of benzene rings is 1. The molecule has 0 heterocycles. The van der Waals surface area contributed by atoms with Crippen LogP contribution in [0.4, 0.5) is 10.1 Å². The number of methoxy groups -OCH3 is 1. The average molecular weight is 239 g/mol. The molecule has 0 aromatic heterocycles. The van der Waals surface area contributed by atoms with Gasteiger partial charge in [0.25, 0.3) is 0 Å². The van der Waals surface area contributed by atoms with Gasteiger partial charge in [-0.05, 0) is 38.5 Å². The van der Waals surface area contributed by atoms with Gasteiger partial charge in [-0.3, -0.25) is 4.79 Å². The molecule has 0 bridgehead atoms. The summed E-state index contributed by atoms with van der Waals surface area (Å²) in [5, 5.41) is 2.92. The normalized spacial score (nSPS) is 11.1. The minimum absolute atomic E-state index is 0.314. The van der Waals surface area contributed by atoms with E-state index in [2.05, 4.69) is 10.1 Å². The molecule has 0 unspecified atom stereocenters. The number of rotatable bonds is 4. The smallest absolute Gasteiger partial charge is 0.313 e. The van der Waals surface area contributed by atoms with Crippen LogP contribution >= 0.6 is 0 Å². The van der Waals surface area contributed by atoms with E-state index in [0.29, 0.717) is 12.2 Å². The van der Waals surface area contributed by atoms with Crippen LogP contribution in [0.1, 0.15) is 19.4 Å². The SMILES string of the molecule is COC(=O)C(C)(C)CNc1ccc(C)cc1F. The Morgan fingerprint density at radius 2 is 2.12 bits per heavy atom. The maximum atomic E-state index is 13.5. The molecule has 0 aliphatic rings. The van der Waals surface area contributed by atoms with Crippen LogP contribution < -0.4 is 5.32 Å². The summed E-state index contributed by atoms with van der Waals surface area (Å²) in [6.07, 6.45) is 0. The molecule has 1 aromatic carbocycles. The highest BCUT2D eigenvalue weighted by Gasteiger charge is 2.28. The molecule has 0 fully saturated rings. The van der Waals surface area contributed by atoms with Crippen molar-refractivity contribution in [1.82, 2.24) is 0 Å². The molecule has 0 amide bonds. The van der Waals surface area contributed by atoms with Crippen molar-refractivity contribution < 1.29 is 13.9 Å². The second-order valence-electron chi connectivity index (χ2n) is 4.71. The summed E-state index contributed by atoms with van der Waals surface area (Å²) < 4.78 is 18.2. The van der Waals surface area contributed by atoms with Crippen molar-refractivity contribution in [3.05, 3.63) is 29.6 Å². The number of carbonyl (C=O) groups excluding carboxylic acids is 1. The van der Waals surface area contributed by atoms with Gasteiger partial charge in [0.2, 0.25) is 0 Å². The summed E-state index contributed by atoms with van der Waals surface area (Å²) in [7, 11) is 1.34. The number of anilines is 1. The molecule has 94 valence electrons. The maximum Gasteiger partial charge on any atom is 0.313 e. The summed E-state index contributed by atoms with van der Waals surface area (Å²) in [5.41, 5.74) is 0.569. The Bertz CT molecular complexity index is 416. The number of nitrogens with one attached hydrogen (secondary N) is 1. The van der Waals surface area contributed by atoms with Crippen molar-refractivity contribution in [1.29, 1.82) is 0 Å². The van der Waals surface area contributed by atoms with Gasteiger partial charge in [0, 0.05) is 6.54 Å². The molecule has 0 spiro atoms. The van der Waals surface area contributed by atoms with E-state index in [4.69, 9.17) is 0 Å². The van der Waals surface area contributed by atoms with Crippen LogP contribution in [0.25, 0.3) is 0 Å². The largest absolute Gasteiger partial charge is 0.469 e. The topological polar surface area (TPSA) is 38.3 Å². The summed E-state index contributed by atoms with van der Waals surface area (Å²) in [5.74, 6) is -0.636. The second kappa shape index (κ2) is 5.17. The van der Waals surface area contributed by atoms with Crippen LogP contribution in [-0.4, -0.2) is 19.6 Å². The zero-order valence-corrected chi connectivity index (χ0v) is 10.6. The van der Waals surface area contributed by atoms with Gasteiger partial charge in [0.1, 0.15) is 5.82 Å². The van der Waals surface area contributed by atoms with Crippen molar-refractivity contribution >= 4 is 11.7 Å². The highest BCUT2D eigenvalue weighted by Crippen LogP contribution is 2.21. The highest BCUT2D eigenvalue weighted by atomic mass is 19.1.